The van der Waals surface area contributed by atoms with Crippen LogP contribution in [0.2, 0.25) is 0 Å². The lowest BCUT2D eigenvalue weighted by Gasteiger charge is -2.13. The third kappa shape index (κ3) is 2.59. The fourth-order valence-corrected chi connectivity index (χ4v) is 1.96. The van der Waals surface area contributed by atoms with Crippen LogP contribution in [0.5, 0.6) is 0 Å². The van der Waals surface area contributed by atoms with E-state index in [1.807, 2.05) is 6.07 Å². The lowest BCUT2D eigenvalue weighted by Crippen LogP contribution is -2.14. The predicted molar refractivity (Wildman–Crippen MR) is 70.0 cm³/mol. The van der Waals surface area contributed by atoms with Crippen molar-refractivity contribution in [3.05, 3.63) is 53.1 Å². The largest absolute Gasteiger partial charge is 0.329 e. The van der Waals surface area contributed by atoms with Gasteiger partial charge in [0.05, 0.1) is 5.69 Å². The maximum atomic E-state index is 12.9. The van der Waals surface area contributed by atoms with E-state index in [0.717, 1.165) is 17.0 Å². The molecule has 3 N–H and O–H groups in total. The van der Waals surface area contributed by atoms with Crippen molar-refractivity contribution in [3.63, 3.8) is 0 Å². The molecule has 1 aromatic heterocycles. The van der Waals surface area contributed by atoms with Gasteiger partial charge in [-0.2, -0.15) is 5.10 Å². The Bertz CT molecular complexity index is 502. The summed E-state index contributed by atoms with van der Waals surface area (Å²) in [5.74, 6) is 0.175. The maximum Gasteiger partial charge on any atom is 0.123 e. The quantitative estimate of drug-likeness (QED) is 0.872. The number of hydrogen-bond acceptors (Lipinski definition) is 2. The second-order valence-electron chi connectivity index (χ2n) is 4.74. The fourth-order valence-electron chi connectivity index (χ4n) is 1.96. The van der Waals surface area contributed by atoms with E-state index < -0.39 is 0 Å². The van der Waals surface area contributed by atoms with E-state index in [-0.39, 0.29) is 11.7 Å². The van der Waals surface area contributed by atoms with E-state index >= 15 is 0 Å². The number of halogens is 1. The number of hydrogen-bond donors (Lipinski definition) is 2. The van der Waals surface area contributed by atoms with Gasteiger partial charge in [-0.25, -0.2) is 4.39 Å². The molecule has 4 heteroatoms. The molecule has 3 nitrogen and oxygen atoms in total. The van der Waals surface area contributed by atoms with E-state index in [1.54, 1.807) is 12.1 Å². The Morgan fingerprint density at radius 3 is 2.44 bits per heavy atom. The van der Waals surface area contributed by atoms with Gasteiger partial charge in [0.25, 0.3) is 0 Å². The van der Waals surface area contributed by atoms with Gasteiger partial charge in [-0.1, -0.05) is 26.0 Å². The minimum atomic E-state index is -0.234. The van der Waals surface area contributed by atoms with E-state index in [1.165, 1.54) is 12.1 Å². The van der Waals surface area contributed by atoms with Crippen molar-refractivity contribution in [2.24, 2.45) is 5.73 Å². The predicted octanol–water partition coefficient (Wildman–Crippen LogP) is 2.76. The summed E-state index contributed by atoms with van der Waals surface area (Å²) in [6.45, 7) is 4.65. The summed E-state index contributed by atoms with van der Waals surface area (Å²) in [5.41, 5.74) is 8.82. The van der Waals surface area contributed by atoms with Gasteiger partial charge in [-0.05, 0) is 29.7 Å². The summed E-state index contributed by atoms with van der Waals surface area (Å²) in [5, 5.41) is 7.30. The summed E-state index contributed by atoms with van der Waals surface area (Å²) >= 11 is 0. The number of H-pyrrole nitrogens is 1. The lowest BCUT2D eigenvalue weighted by atomic mass is 9.95. The SMILES string of the molecule is CC(C)c1cc(C(CN)c2ccc(F)cc2)[nH]n1. The molecule has 0 aliphatic heterocycles. The topological polar surface area (TPSA) is 54.7 Å². The zero-order valence-corrected chi connectivity index (χ0v) is 10.7. The Kier molecular flexibility index (Phi) is 3.77. The first-order valence-corrected chi connectivity index (χ1v) is 6.12. The summed E-state index contributed by atoms with van der Waals surface area (Å²) in [7, 11) is 0. The minimum absolute atomic E-state index is 0.0330. The number of rotatable bonds is 4. The average Bonchev–Trinajstić information content (AvgIpc) is 2.82. The van der Waals surface area contributed by atoms with Crippen LogP contribution in [-0.2, 0) is 0 Å². The number of aromatic amines is 1. The van der Waals surface area contributed by atoms with Crippen molar-refractivity contribution in [3.8, 4) is 0 Å². The molecule has 0 saturated heterocycles. The van der Waals surface area contributed by atoms with E-state index in [2.05, 4.69) is 24.0 Å². The Balaban J connectivity index is 2.29. The van der Waals surface area contributed by atoms with Crippen LogP contribution in [0.4, 0.5) is 4.39 Å². The van der Waals surface area contributed by atoms with Crippen LogP contribution in [0.1, 0.15) is 42.6 Å². The molecule has 1 atom stereocenters. The molecule has 96 valence electrons. The number of benzene rings is 1. The molecule has 0 saturated carbocycles. The first-order valence-electron chi connectivity index (χ1n) is 6.12. The zero-order chi connectivity index (χ0) is 13.1. The molecule has 0 fully saturated rings. The Hall–Kier alpha value is -1.68. The van der Waals surface area contributed by atoms with Crippen molar-refractivity contribution < 1.29 is 4.39 Å². The van der Waals surface area contributed by atoms with E-state index in [9.17, 15) is 4.39 Å². The Morgan fingerprint density at radius 2 is 1.94 bits per heavy atom. The maximum absolute atomic E-state index is 12.9. The molecule has 1 unspecified atom stereocenters. The molecule has 18 heavy (non-hydrogen) atoms. The Morgan fingerprint density at radius 1 is 1.28 bits per heavy atom. The molecule has 1 aromatic carbocycles. The summed E-state index contributed by atoms with van der Waals surface area (Å²) < 4.78 is 12.9. The molecule has 0 aliphatic rings. The molecule has 0 bridgehead atoms. The molecule has 0 spiro atoms. The van der Waals surface area contributed by atoms with E-state index in [4.69, 9.17) is 5.73 Å². The van der Waals surface area contributed by atoms with Gasteiger partial charge in [-0.3, -0.25) is 5.10 Å². The molecule has 0 amide bonds. The molecular formula is C14H18FN3. The number of nitrogens with one attached hydrogen (secondary N) is 1. The van der Waals surface area contributed by atoms with Crippen LogP contribution in [0, 0.1) is 5.82 Å². The second-order valence-corrected chi connectivity index (χ2v) is 4.74. The van der Waals surface area contributed by atoms with Crippen molar-refractivity contribution >= 4 is 0 Å². The summed E-state index contributed by atoms with van der Waals surface area (Å²) in [4.78, 5) is 0. The smallest absolute Gasteiger partial charge is 0.123 e. The highest BCUT2D eigenvalue weighted by Gasteiger charge is 2.16. The minimum Gasteiger partial charge on any atom is -0.329 e. The third-order valence-corrected chi connectivity index (χ3v) is 3.09. The van der Waals surface area contributed by atoms with Gasteiger partial charge in [0.15, 0.2) is 0 Å². The molecule has 1 heterocycles. The van der Waals surface area contributed by atoms with Crippen LogP contribution in [0.15, 0.2) is 30.3 Å². The van der Waals surface area contributed by atoms with Gasteiger partial charge in [0.1, 0.15) is 5.82 Å². The molecule has 2 aromatic rings. The number of nitrogens with two attached hydrogens (primary N) is 1. The standard InChI is InChI=1S/C14H18FN3/c1-9(2)13-7-14(18-17-13)12(8-16)10-3-5-11(15)6-4-10/h3-7,9,12H,8,16H2,1-2H3,(H,17,18). The summed E-state index contributed by atoms with van der Waals surface area (Å²) in [6.07, 6.45) is 0. The van der Waals surface area contributed by atoms with Crippen molar-refractivity contribution in [2.75, 3.05) is 6.54 Å². The fraction of sp³-hybridized carbons (Fsp3) is 0.357. The first-order chi connectivity index (χ1) is 8.61. The zero-order valence-electron chi connectivity index (χ0n) is 10.7. The lowest BCUT2D eigenvalue weighted by molar-refractivity contribution is 0.626. The van der Waals surface area contributed by atoms with Crippen LogP contribution in [-0.4, -0.2) is 16.7 Å². The average molecular weight is 247 g/mol. The van der Waals surface area contributed by atoms with Crippen molar-refractivity contribution in [1.29, 1.82) is 0 Å². The monoisotopic (exact) mass is 247 g/mol. The van der Waals surface area contributed by atoms with E-state index in [0.29, 0.717) is 12.5 Å². The number of nitrogens with zero attached hydrogens (tertiary/aromatic N) is 1. The van der Waals surface area contributed by atoms with Crippen molar-refractivity contribution in [2.45, 2.75) is 25.7 Å². The van der Waals surface area contributed by atoms with Crippen LogP contribution < -0.4 is 5.73 Å². The van der Waals surface area contributed by atoms with Gasteiger partial charge in [0.2, 0.25) is 0 Å². The Labute approximate surface area is 106 Å². The highest BCUT2D eigenvalue weighted by molar-refractivity contribution is 5.30. The highest BCUT2D eigenvalue weighted by atomic mass is 19.1. The second kappa shape index (κ2) is 5.31. The molecule has 0 radical (unpaired) electrons. The van der Waals surface area contributed by atoms with Crippen LogP contribution >= 0.6 is 0 Å². The molecule has 2 rings (SSSR count). The van der Waals surface area contributed by atoms with Gasteiger partial charge in [0, 0.05) is 18.2 Å². The highest BCUT2D eigenvalue weighted by Crippen LogP contribution is 2.24. The number of aromatic nitrogens is 2. The van der Waals surface area contributed by atoms with Gasteiger partial charge in [-0.15, -0.1) is 0 Å². The third-order valence-electron chi connectivity index (χ3n) is 3.09. The van der Waals surface area contributed by atoms with Gasteiger partial charge >= 0.3 is 0 Å². The van der Waals surface area contributed by atoms with Gasteiger partial charge < -0.3 is 5.73 Å². The normalized spacial score (nSPS) is 12.9. The van der Waals surface area contributed by atoms with Crippen LogP contribution in [0.3, 0.4) is 0 Å². The molecule has 0 aliphatic carbocycles. The molecular weight excluding hydrogens is 229 g/mol. The van der Waals surface area contributed by atoms with Crippen molar-refractivity contribution in [1.82, 2.24) is 10.2 Å². The first kappa shape index (κ1) is 12.8. The van der Waals surface area contributed by atoms with Crippen LogP contribution in [0.25, 0.3) is 0 Å². The summed E-state index contributed by atoms with van der Waals surface area (Å²) in [6, 6.07) is 8.48.